The smallest absolute Gasteiger partial charge is 0.0471 e. The van der Waals surface area contributed by atoms with Crippen LogP contribution in [0.5, 0.6) is 0 Å². The van der Waals surface area contributed by atoms with E-state index >= 15 is 0 Å². The molecule has 3 heteroatoms. The Morgan fingerprint density at radius 1 is 1.67 bits per heavy atom. The van der Waals surface area contributed by atoms with Gasteiger partial charge < -0.3 is 10.8 Å². The zero-order valence-corrected chi connectivity index (χ0v) is 8.10. The summed E-state index contributed by atoms with van der Waals surface area (Å²) in [4.78, 5) is 1.32. The maximum absolute atomic E-state index is 8.77. The van der Waals surface area contributed by atoms with E-state index in [-0.39, 0.29) is 12.6 Å². The highest BCUT2D eigenvalue weighted by Gasteiger charge is 2.05. The summed E-state index contributed by atoms with van der Waals surface area (Å²) >= 11 is 1.73. The van der Waals surface area contributed by atoms with Crippen molar-refractivity contribution in [2.75, 3.05) is 6.61 Å². The van der Waals surface area contributed by atoms with E-state index in [1.165, 1.54) is 10.4 Å². The van der Waals surface area contributed by atoms with Gasteiger partial charge in [-0.3, -0.25) is 0 Å². The first-order valence-electron chi connectivity index (χ1n) is 4.15. The van der Waals surface area contributed by atoms with E-state index < -0.39 is 0 Å². The largest absolute Gasteiger partial charge is 0.396 e. The third-order valence-electron chi connectivity index (χ3n) is 1.73. The molecule has 0 radical (unpaired) electrons. The molecular weight excluding hydrogens is 170 g/mol. The van der Waals surface area contributed by atoms with Crippen LogP contribution < -0.4 is 5.73 Å². The van der Waals surface area contributed by atoms with E-state index in [0.717, 1.165) is 12.8 Å². The van der Waals surface area contributed by atoms with Gasteiger partial charge in [-0.05, 0) is 36.8 Å². The van der Waals surface area contributed by atoms with E-state index in [0.29, 0.717) is 0 Å². The fourth-order valence-corrected chi connectivity index (χ4v) is 2.26. The van der Waals surface area contributed by atoms with E-state index in [4.69, 9.17) is 10.8 Å². The maximum Gasteiger partial charge on any atom is 0.0471 e. The lowest BCUT2D eigenvalue weighted by atomic mass is 10.1. The van der Waals surface area contributed by atoms with Crippen LogP contribution in [0.25, 0.3) is 0 Å². The zero-order valence-electron chi connectivity index (χ0n) is 7.29. The molecule has 3 N–H and O–H groups in total. The first-order chi connectivity index (χ1) is 5.74. The van der Waals surface area contributed by atoms with Crippen molar-refractivity contribution in [1.29, 1.82) is 0 Å². The van der Waals surface area contributed by atoms with Gasteiger partial charge in [0.1, 0.15) is 0 Å². The minimum atomic E-state index is 0.209. The second-order valence-electron chi connectivity index (χ2n) is 3.02. The standard InChI is InChI=1S/C9H15NOS/c1-7(10)6-9-8(2-4-11)3-5-12-9/h3,5,7,11H,2,4,6,10H2,1H3. The van der Waals surface area contributed by atoms with Gasteiger partial charge in [0.15, 0.2) is 0 Å². The molecule has 0 aliphatic carbocycles. The summed E-state index contributed by atoms with van der Waals surface area (Å²) in [6.07, 6.45) is 1.68. The highest BCUT2D eigenvalue weighted by molar-refractivity contribution is 7.10. The molecule has 0 amide bonds. The number of aliphatic hydroxyl groups excluding tert-OH is 1. The zero-order chi connectivity index (χ0) is 8.97. The van der Waals surface area contributed by atoms with Gasteiger partial charge in [0, 0.05) is 17.5 Å². The number of aliphatic hydroxyl groups is 1. The lowest BCUT2D eigenvalue weighted by molar-refractivity contribution is 0.299. The van der Waals surface area contributed by atoms with Gasteiger partial charge in [0.05, 0.1) is 0 Å². The molecule has 0 aliphatic rings. The Morgan fingerprint density at radius 3 is 3.00 bits per heavy atom. The maximum atomic E-state index is 8.77. The van der Waals surface area contributed by atoms with Crippen LogP contribution in [0.15, 0.2) is 11.4 Å². The molecule has 2 nitrogen and oxygen atoms in total. The average Bonchev–Trinajstić information content (AvgIpc) is 2.37. The molecule has 1 unspecified atom stereocenters. The molecular formula is C9H15NOS. The predicted molar refractivity (Wildman–Crippen MR) is 52.5 cm³/mol. The number of hydrogen-bond donors (Lipinski definition) is 2. The van der Waals surface area contributed by atoms with Crippen LogP contribution in [0, 0.1) is 0 Å². The van der Waals surface area contributed by atoms with Crippen molar-refractivity contribution in [3.63, 3.8) is 0 Å². The highest BCUT2D eigenvalue weighted by Crippen LogP contribution is 2.18. The topological polar surface area (TPSA) is 46.2 Å². The summed E-state index contributed by atoms with van der Waals surface area (Å²) in [5, 5.41) is 10.8. The van der Waals surface area contributed by atoms with Gasteiger partial charge >= 0.3 is 0 Å². The fourth-order valence-electron chi connectivity index (χ4n) is 1.18. The molecule has 0 spiro atoms. The molecule has 0 saturated carbocycles. The molecule has 1 aromatic rings. The van der Waals surface area contributed by atoms with Crippen LogP contribution in [0.4, 0.5) is 0 Å². The Hall–Kier alpha value is -0.380. The number of nitrogens with two attached hydrogens (primary N) is 1. The minimum absolute atomic E-state index is 0.209. The van der Waals surface area contributed by atoms with Crippen molar-refractivity contribution in [1.82, 2.24) is 0 Å². The molecule has 0 saturated heterocycles. The van der Waals surface area contributed by atoms with Crippen molar-refractivity contribution in [3.8, 4) is 0 Å². The SMILES string of the molecule is CC(N)Cc1sccc1CCO. The van der Waals surface area contributed by atoms with E-state index in [1.54, 1.807) is 11.3 Å². The van der Waals surface area contributed by atoms with Crippen LogP contribution >= 0.6 is 11.3 Å². The Morgan fingerprint density at radius 2 is 2.42 bits per heavy atom. The van der Waals surface area contributed by atoms with Gasteiger partial charge in [0.2, 0.25) is 0 Å². The Labute approximate surface area is 77.0 Å². The normalized spacial score (nSPS) is 13.2. The van der Waals surface area contributed by atoms with E-state index in [2.05, 4.69) is 11.4 Å². The minimum Gasteiger partial charge on any atom is -0.396 e. The van der Waals surface area contributed by atoms with Crippen LogP contribution in [-0.2, 0) is 12.8 Å². The summed E-state index contributed by atoms with van der Waals surface area (Å²) in [6, 6.07) is 2.28. The first kappa shape index (κ1) is 9.71. The average molecular weight is 185 g/mol. The fraction of sp³-hybridized carbons (Fsp3) is 0.556. The molecule has 0 aliphatic heterocycles. The molecule has 0 bridgehead atoms. The Balaban J connectivity index is 2.63. The molecule has 1 heterocycles. The molecule has 1 aromatic heterocycles. The lowest BCUT2D eigenvalue weighted by Crippen LogP contribution is -2.17. The van der Waals surface area contributed by atoms with Crippen LogP contribution in [-0.4, -0.2) is 17.8 Å². The van der Waals surface area contributed by atoms with Gasteiger partial charge in [-0.15, -0.1) is 11.3 Å². The third kappa shape index (κ3) is 2.59. The summed E-state index contributed by atoms with van der Waals surface area (Å²) < 4.78 is 0. The molecule has 12 heavy (non-hydrogen) atoms. The Kier molecular flexibility index (Phi) is 3.72. The van der Waals surface area contributed by atoms with Gasteiger partial charge in [-0.25, -0.2) is 0 Å². The van der Waals surface area contributed by atoms with Crippen molar-refractivity contribution < 1.29 is 5.11 Å². The molecule has 1 rings (SSSR count). The third-order valence-corrected chi connectivity index (χ3v) is 2.71. The first-order valence-corrected chi connectivity index (χ1v) is 5.03. The van der Waals surface area contributed by atoms with Crippen LogP contribution in [0.1, 0.15) is 17.4 Å². The second-order valence-corrected chi connectivity index (χ2v) is 4.02. The molecule has 68 valence electrons. The summed E-state index contributed by atoms with van der Waals surface area (Å²) in [7, 11) is 0. The summed E-state index contributed by atoms with van der Waals surface area (Å²) in [5.74, 6) is 0. The van der Waals surface area contributed by atoms with Gasteiger partial charge in [-0.1, -0.05) is 0 Å². The van der Waals surface area contributed by atoms with Gasteiger partial charge in [-0.2, -0.15) is 0 Å². The van der Waals surface area contributed by atoms with Gasteiger partial charge in [0.25, 0.3) is 0 Å². The number of thiophene rings is 1. The summed E-state index contributed by atoms with van der Waals surface area (Å²) in [5.41, 5.74) is 6.94. The molecule has 0 fully saturated rings. The van der Waals surface area contributed by atoms with Crippen molar-refractivity contribution in [2.45, 2.75) is 25.8 Å². The second kappa shape index (κ2) is 4.60. The molecule has 0 aromatic carbocycles. The van der Waals surface area contributed by atoms with Crippen LogP contribution in [0.2, 0.25) is 0 Å². The van der Waals surface area contributed by atoms with Crippen molar-refractivity contribution in [2.24, 2.45) is 5.73 Å². The van der Waals surface area contributed by atoms with Crippen molar-refractivity contribution in [3.05, 3.63) is 21.9 Å². The summed E-state index contributed by atoms with van der Waals surface area (Å²) in [6.45, 7) is 2.23. The number of rotatable bonds is 4. The monoisotopic (exact) mass is 185 g/mol. The molecule has 1 atom stereocenters. The quantitative estimate of drug-likeness (QED) is 0.739. The number of hydrogen-bond acceptors (Lipinski definition) is 3. The van der Waals surface area contributed by atoms with Crippen molar-refractivity contribution >= 4 is 11.3 Å². The lowest BCUT2D eigenvalue weighted by Gasteiger charge is -2.04. The Bertz CT molecular complexity index is 232. The van der Waals surface area contributed by atoms with E-state index in [1.807, 2.05) is 6.92 Å². The predicted octanol–water partition coefficient (Wildman–Crippen LogP) is 1.17. The van der Waals surface area contributed by atoms with E-state index in [9.17, 15) is 0 Å². The van der Waals surface area contributed by atoms with Crippen LogP contribution in [0.3, 0.4) is 0 Å². The highest BCUT2D eigenvalue weighted by atomic mass is 32.1.